The number of hydrogen-bond acceptors (Lipinski definition) is 6. The largest absolute Gasteiger partial charge is 0.433 e. The molecule has 0 radical (unpaired) electrons. The molecule has 0 aliphatic rings. The van der Waals surface area contributed by atoms with Gasteiger partial charge in [-0.05, 0) is 18.2 Å². The van der Waals surface area contributed by atoms with E-state index in [1.807, 2.05) is 12.1 Å². The SMILES string of the molecule is NCC#Cc1ccc(CNC(=O)c2ccc([N+](=O)[O-])o2)s1. The Hall–Kier alpha value is -2.63. The molecule has 0 spiro atoms. The van der Waals surface area contributed by atoms with Crippen LogP contribution in [0.15, 0.2) is 28.7 Å². The molecule has 7 nitrogen and oxygen atoms in total. The molecule has 8 heteroatoms. The summed E-state index contributed by atoms with van der Waals surface area (Å²) in [6, 6.07) is 6.09. The van der Waals surface area contributed by atoms with Gasteiger partial charge in [0.25, 0.3) is 5.91 Å². The number of nitrogens with one attached hydrogen (secondary N) is 1. The summed E-state index contributed by atoms with van der Waals surface area (Å²) >= 11 is 1.44. The van der Waals surface area contributed by atoms with Crippen molar-refractivity contribution in [2.45, 2.75) is 6.54 Å². The van der Waals surface area contributed by atoms with Crippen molar-refractivity contribution in [3.05, 3.63) is 49.9 Å². The molecule has 1 amide bonds. The molecule has 0 fully saturated rings. The number of hydrogen-bond donors (Lipinski definition) is 2. The van der Waals surface area contributed by atoms with Gasteiger partial charge >= 0.3 is 5.88 Å². The zero-order valence-electron chi connectivity index (χ0n) is 10.8. The van der Waals surface area contributed by atoms with Crippen molar-refractivity contribution >= 4 is 23.1 Å². The van der Waals surface area contributed by atoms with Crippen molar-refractivity contribution in [2.75, 3.05) is 6.54 Å². The maximum atomic E-state index is 11.8. The number of carbonyl (C=O) groups excluding carboxylic acids is 1. The Kier molecular flexibility index (Phi) is 4.71. The van der Waals surface area contributed by atoms with Crippen LogP contribution < -0.4 is 11.1 Å². The number of furan rings is 1. The summed E-state index contributed by atoms with van der Waals surface area (Å²) in [5.74, 6) is 4.57. The van der Waals surface area contributed by atoms with Crippen LogP contribution in [0.5, 0.6) is 0 Å². The lowest BCUT2D eigenvalue weighted by Crippen LogP contribution is -2.21. The molecule has 108 valence electrons. The molecule has 0 bridgehead atoms. The van der Waals surface area contributed by atoms with Gasteiger partial charge in [-0.1, -0.05) is 11.8 Å². The van der Waals surface area contributed by atoms with Gasteiger partial charge in [-0.2, -0.15) is 0 Å². The molecule has 0 saturated heterocycles. The lowest BCUT2D eigenvalue weighted by Gasteiger charge is -1.99. The molecule has 0 atom stereocenters. The Morgan fingerprint density at radius 2 is 2.24 bits per heavy atom. The average Bonchev–Trinajstić information content (AvgIpc) is 3.11. The molecular formula is C13H11N3O4S. The van der Waals surface area contributed by atoms with Gasteiger partial charge < -0.3 is 15.5 Å². The van der Waals surface area contributed by atoms with Gasteiger partial charge in [-0.25, -0.2) is 0 Å². The first-order chi connectivity index (χ1) is 10.1. The summed E-state index contributed by atoms with van der Waals surface area (Å²) < 4.78 is 4.81. The molecule has 0 aliphatic carbocycles. The summed E-state index contributed by atoms with van der Waals surface area (Å²) in [4.78, 5) is 23.3. The fourth-order valence-corrected chi connectivity index (χ4v) is 2.30. The third-order valence-corrected chi connectivity index (χ3v) is 3.39. The fraction of sp³-hybridized carbons (Fsp3) is 0.154. The standard InChI is InChI=1S/C13H11N3O4S/c14-7-1-2-9-3-4-10(21-9)8-15-13(17)11-5-6-12(20-11)16(18)19/h3-6H,7-8,14H2,(H,15,17). The first kappa shape index (κ1) is 14.8. The Balaban J connectivity index is 1.94. The lowest BCUT2D eigenvalue weighted by atomic mass is 10.4. The van der Waals surface area contributed by atoms with E-state index in [1.54, 1.807) is 0 Å². The van der Waals surface area contributed by atoms with E-state index in [2.05, 4.69) is 17.2 Å². The van der Waals surface area contributed by atoms with Crippen LogP contribution >= 0.6 is 11.3 Å². The van der Waals surface area contributed by atoms with Crippen LogP contribution in [-0.4, -0.2) is 17.4 Å². The van der Waals surface area contributed by atoms with Crippen LogP contribution in [0.3, 0.4) is 0 Å². The lowest BCUT2D eigenvalue weighted by molar-refractivity contribution is -0.402. The van der Waals surface area contributed by atoms with Crippen molar-refractivity contribution < 1.29 is 14.1 Å². The minimum absolute atomic E-state index is 0.0959. The van der Waals surface area contributed by atoms with Crippen molar-refractivity contribution in [3.63, 3.8) is 0 Å². The zero-order chi connectivity index (χ0) is 15.2. The number of carbonyl (C=O) groups is 1. The van der Waals surface area contributed by atoms with Gasteiger partial charge in [-0.3, -0.25) is 14.9 Å². The monoisotopic (exact) mass is 305 g/mol. The van der Waals surface area contributed by atoms with E-state index < -0.39 is 16.7 Å². The number of nitrogens with two attached hydrogens (primary N) is 1. The number of thiophene rings is 1. The van der Waals surface area contributed by atoms with Crippen LogP contribution in [0.25, 0.3) is 0 Å². The van der Waals surface area contributed by atoms with E-state index in [1.165, 1.54) is 17.4 Å². The first-order valence-electron chi connectivity index (χ1n) is 5.90. The minimum Gasteiger partial charge on any atom is -0.395 e. The smallest absolute Gasteiger partial charge is 0.395 e. The number of nitro groups is 1. The third-order valence-electron chi connectivity index (χ3n) is 2.39. The highest BCUT2D eigenvalue weighted by Gasteiger charge is 2.17. The van der Waals surface area contributed by atoms with E-state index >= 15 is 0 Å². The van der Waals surface area contributed by atoms with Crippen molar-refractivity contribution in [3.8, 4) is 11.8 Å². The molecule has 0 aliphatic heterocycles. The molecule has 2 aromatic rings. The highest BCUT2D eigenvalue weighted by Crippen LogP contribution is 2.17. The zero-order valence-corrected chi connectivity index (χ0v) is 11.6. The number of nitrogens with zero attached hydrogens (tertiary/aromatic N) is 1. The van der Waals surface area contributed by atoms with Gasteiger partial charge in [0, 0.05) is 4.88 Å². The summed E-state index contributed by atoms with van der Waals surface area (Å²) in [5, 5.41) is 13.1. The molecule has 21 heavy (non-hydrogen) atoms. The van der Waals surface area contributed by atoms with Gasteiger partial charge in [0.15, 0.2) is 5.76 Å². The normalized spacial score (nSPS) is 9.76. The molecular weight excluding hydrogens is 294 g/mol. The molecule has 2 aromatic heterocycles. The molecule has 3 N–H and O–H groups in total. The molecule has 0 unspecified atom stereocenters. The van der Waals surface area contributed by atoms with Gasteiger partial charge in [0.2, 0.25) is 0 Å². The second-order valence-electron chi connectivity index (χ2n) is 3.85. The van der Waals surface area contributed by atoms with E-state index in [4.69, 9.17) is 10.2 Å². The molecule has 2 rings (SSSR count). The predicted molar refractivity (Wildman–Crippen MR) is 76.8 cm³/mol. The summed E-state index contributed by atoms with van der Waals surface area (Å²) in [6.45, 7) is 0.587. The van der Waals surface area contributed by atoms with Gasteiger partial charge in [0.1, 0.15) is 4.92 Å². The second kappa shape index (κ2) is 6.69. The van der Waals surface area contributed by atoms with Crippen LogP contribution in [0, 0.1) is 22.0 Å². The predicted octanol–water partition coefficient (Wildman–Crippen LogP) is 1.49. The highest BCUT2D eigenvalue weighted by atomic mass is 32.1. The third kappa shape index (κ3) is 3.92. The van der Waals surface area contributed by atoms with Crippen molar-refractivity contribution in [2.24, 2.45) is 5.73 Å². The Morgan fingerprint density at radius 1 is 1.43 bits per heavy atom. The Bertz CT molecular complexity index is 723. The molecule has 0 saturated carbocycles. The van der Waals surface area contributed by atoms with Crippen LogP contribution in [0.1, 0.15) is 20.3 Å². The fourth-order valence-electron chi connectivity index (χ4n) is 1.48. The summed E-state index contributed by atoms with van der Waals surface area (Å²) in [6.07, 6.45) is 0. The van der Waals surface area contributed by atoms with Crippen molar-refractivity contribution in [1.82, 2.24) is 5.32 Å². The number of amides is 1. The van der Waals surface area contributed by atoms with E-state index in [9.17, 15) is 14.9 Å². The highest BCUT2D eigenvalue weighted by molar-refractivity contribution is 7.12. The first-order valence-corrected chi connectivity index (χ1v) is 6.72. The molecule has 2 heterocycles. The quantitative estimate of drug-likeness (QED) is 0.505. The Morgan fingerprint density at radius 3 is 2.90 bits per heavy atom. The van der Waals surface area contributed by atoms with Crippen LogP contribution in [0.4, 0.5) is 5.88 Å². The maximum Gasteiger partial charge on any atom is 0.433 e. The minimum atomic E-state index is -0.696. The van der Waals surface area contributed by atoms with Gasteiger partial charge in [-0.15, -0.1) is 11.3 Å². The van der Waals surface area contributed by atoms with Gasteiger partial charge in [0.05, 0.1) is 24.0 Å². The van der Waals surface area contributed by atoms with Crippen LogP contribution in [-0.2, 0) is 6.54 Å². The topological polar surface area (TPSA) is 111 Å². The summed E-state index contributed by atoms with van der Waals surface area (Å²) in [7, 11) is 0. The maximum absolute atomic E-state index is 11.8. The second-order valence-corrected chi connectivity index (χ2v) is 5.02. The van der Waals surface area contributed by atoms with Crippen LogP contribution in [0.2, 0.25) is 0 Å². The van der Waals surface area contributed by atoms with E-state index in [-0.39, 0.29) is 5.76 Å². The number of rotatable bonds is 4. The molecule has 0 aromatic carbocycles. The van der Waals surface area contributed by atoms with E-state index in [0.717, 1.165) is 15.8 Å². The Labute approximate surface area is 123 Å². The van der Waals surface area contributed by atoms with Crippen molar-refractivity contribution in [1.29, 1.82) is 0 Å². The van der Waals surface area contributed by atoms with E-state index in [0.29, 0.717) is 13.1 Å². The summed E-state index contributed by atoms with van der Waals surface area (Å²) in [5.41, 5.74) is 5.28. The average molecular weight is 305 g/mol.